The molecule has 122 valence electrons. The Balaban J connectivity index is 1.32. The monoisotopic (exact) mass is 314 g/mol. The Morgan fingerprint density at radius 3 is 2.70 bits per heavy atom. The Hall–Kier alpha value is -2.18. The van der Waals surface area contributed by atoms with E-state index in [1.807, 2.05) is 24.1 Å². The number of nitrogens with one attached hydrogen (secondary N) is 1. The molecule has 1 amide bonds. The molecule has 3 heterocycles. The van der Waals surface area contributed by atoms with Crippen LogP contribution in [0.2, 0.25) is 0 Å². The van der Waals surface area contributed by atoms with Gasteiger partial charge in [-0.25, -0.2) is 4.98 Å². The van der Waals surface area contributed by atoms with E-state index in [1.54, 1.807) is 4.68 Å². The van der Waals surface area contributed by atoms with Crippen LogP contribution in [-0.4, -0.2) is 48.9 Å². The zero-order chi connectivity index (χ0) is 15.8. The van der Waals surface area contributed by atoms with Gasteiger partial charge in [-0.1, -0.05) is 0 Å². The Bertz CT molecular complexity index is 693. The fraction of sp³-hybridized carbons (Fsp3) is 0.625. The van der Waals surface area contributed by atoms with Gasteiger partial charge in [0.25, 0.3) is 0 Å². The Morgan fingerprint density at radius 1 is 1.26 bits per heavy atom. The number of aromatic amines is 1. The number of carbonyl (C=O) groups excluding carboxylic acids is 1. The summed E-state index contributed by atoms with van der Waals surface area (Å²) in [4.78, 5) is 18.9. The molecule has 0 atom stereocenters. The van der Waals surface area contributed by atoms with E-state index in [0.717, 1.165) is 43.3 Å². The third kappa shape index (κ3) is 3.13. The maximum absolute atomic E-state index is 12.4. The lowest BCUT2D eigenvalue weighted by Crippen LogP contribution is -2.40. The highest BCUT2D eigenvalue weighted by Gasteiger charge is 2.30. The number of amides is 1. The van der Waals surface area contributed by atoms with Crippen LogP contribution in [0, 0.1) is 6.92 Å². The summed E-state index contributed by atoms with van der Waals surface area (Å²) in [5, 5.41) is 11.7. The lowest BCUT2D eigenvalue weighted by Gasteiger charge is -2.31. The molecule has 2 aromatic rings. The first kappa shape index (κ1) is 14.4. The van der Waals surface area contributed by atoms with E-state index < -0.39 is 0 Å². The largest absolute Gasteiger partial charge is 0.341 e. The second-order valence-corrected chi connectivity index (χ2v) is 6.66. The van der Waals surface area contributed by atoms with Crippen LogP contribution >= 0.6 is 0 Å². The topological polar surface area (TPSA) is 79.7 Å². The van der Waals surface area contributed by atoms with Crippen LogP contribution in [0.25, 0.3) is 0 Å². The fourth-order valence-corrected chi connectivity index (χ4v) is 3.19. The molecule has 2 aliphatic rings. The second kappa shape index (κ2) is 5.79. The minimum absolute atomic E-state index is 0.141. The number of H-pyrrole nitrogens is 1. The van der Waals surface area contributed by atoms with E-state index >= 15 is 0 Å². The summed E-state index contributed by atoms with van der Waals surface area (Å²) in [5.41, 5.74) is 0.938. The van der Waals surface area contributed by atoms with Crippen molar-refractivity contribution in [2.45, 2.75) is 51.0 Å². The highest BCUT2D eigenvalue weighted by atomic mass is 16.2. The number of hydrogen-bond acceptors (Lipinski definition) is 4. The quantitative estimate of drug-likeness (QED) is 0.929. The highest BCUT2D eigenvalue weighted by Crippen LogP contribution is 2.38. The molecule has 0 bridgehead atoms. The predicted molar refractivity (Wildman–Crippen MR) is 83.9 cm³/mol. The van der Waals surface area contributed by atoms with Gasteiger partial charge in [0, 0.05) is 31.1 Å². The zero-order valence-corrected chi connectivity index (χ0v) is 13.4. The van der Waals surface area contributed by atoms with Gasteiger partial charge in [-0.2, -0.15) is 10.2 Å². The molecule has 1 N–H and O–H groups in total. The third-order valence-corrected chi connectivity index (χ3v) is 4.77. The van der Waals surface area contributed by atoms with Crippen molar-refractivity contribution in [3.63, 3.8) is 0 Å². The fourth-order valence-electron chi connectivity index (χ4n) is 3.19. The highest BCUT2D eigenvalue weighted by molar-refractivity contribution is 5.76. The Labute approximate surface area is 135 Å². The number of rotatable bonds is 4. The molecule has 4 rings (SSSR count). The van der Waals surface area contributed by atoms with Gasteiger partial charge in [0.1, 0.15) is 12.4 Å². The van der Waals surface area contributed by atoms with E-state index in [4.69, 9.17) is 0 Å². The maximum atomic E-state index is 12.4. The molecule has 1 saturated carbocycles. The number of aryl methyl sites for hydroxylation is 1. The van der Waals surface area contributed by atoms with Gasteiger partial charge >= 0.3 is 0 Å². The van der Waals surface area contributed by atoms with Crippen molar-refractivity contribution in [2.24, 2.45) is 0 Å². The summed E-state index contributed by atoms with van der Waals surface area (Å²) in [6.07, 6.45) is 6.19. The summed E-state index contributed by atoms with van der Waals surface area (Å²) in [7, 11) is 0. The Morgan fingerprint density at radius 2 is 2.04 bits per heavy atom. The van der Waals surface area contributed by atoms with E-state index in [-0.39, 0.29) is 5.91 Å². The minimum Gasteiger partial charge on any atom is -0.341 e. The molecule has 2 aromatic heterocycles. The van der Waals surface area contributed by atoms with Crippen LogP contribution in [0.3, 0.4) is 0 Å². The summed E-state index contributed by atoms with van der Waals surface area (Å²) in [6, 6.07) is 1.92. The van der Waals surface area contributed by atoms with E-state index in [2.05, 4.69) is 20.3 Å². The maximum Gasteiger partial charge on any atom is 0.244 e. The van der Waals surface area contributed by atoms with Crippen LogP contribution in [-0.2, 0) is 11.3 Å². The first-order valence-electron chi connectivity index (χ1n) is 8.39. The van der Waals surface area contributed by atoms with Crippen molar-refractivity contribution >= 4 is 5.91 Å². The van der Waals surface area contributed by atoms with Gasteiger partial charge in [-0.3, -0.25) is 14.6 Å². The van der Waals surface area contributed by atoms with Crippen molar-refractivity contribution in [2.75, 3.05) is 13.1 Å². The summed E-state index contributed by atoms with van der Waals surface area (Å²) < 4.78 is 1.71. The van der Waals surface area contributed by atoms with Crippen molar-refractivity contribution in [1.29, 1.82) is 0 Å². The SMILES string of the molecule is Cc1ccn(CC(=O)N2CCC(c3nc(C4CC4)n[nH]3)CC2)n1. The van der Waals surface area contributed by atoms with Crippen molar-refractivity contribution in [3.8, 4) is 0 Å². The molecular weight excluding hydrogens is 292 g/mol. The number of nitrogens with zero attached hydrogens (tertiary/aromatic N) is 5. The van der Waals surface area contributed by atoms with Crippen LogP contribution in [0.5, 0.6) is 0 Å². The third-order valence-electron chi connectivity index (χ3n) is 4.77. The lowest BCUT2D eigenvalue weighted by atomic mass is 9.96. The van der Waals surface area contributed by atoms with Gasteiger partial charge in [0.15, 0.2) is 5.82 Å². The number of aromatic nitrogens is 5. The normalized spacial score (nSPS) is 19.3. The number of likely N-dealkylation sites (tertiary alicyclic amines) is 1. The standard InChI is InChI=1S/C16H22N6O/c1-11-4-9-22(20-11)10-14(23)21-7-5-13(6-8-21)16-17-15(18-19-16)12-2-3-12/h4,9,12-13H,2-3,5-8,10H2,1H3,(H,17,18,19). The average Bonchev–Trinajstić information content (AvgIpc) is 3.15. The van der Waals surface area contributed by atoms with Gasteiger partial charge in [-0.15, -0.1) is 0 Å². The molecule has 1 saturated heterocycles. The zero-order valence-electron chi connectivity index (χ0n) is 13.4. The molecule has 7 heteroatoms. The average molecular weight is 314 g/mol. The smallest absolute Gasteiger partial charge is 0.244 e. The number of hydrogen-bond donors (Lipinski definition) is 1. The van der Waals surface area contributed by atoms with E-state index in [1.165, 1.54) is 12.8 Å². The molecular formula is C16H22N6O. The van der Waals surface area contributed by atoms with Gasteiger partial charge in [-0.05, 0) is 38.7 Å². The molecule has 2 fully saturated rings. The molecule has 0 spiro atoms. The van der Waals surface area contributed by atoms with Crippen molar-refractivity contribution in [1.82, 2.24) is 29.9 Å². The molecule has 7 nitrogen and oxygen atoms in total. The number of carbonyl (C=O) groups is 1. The molecule has 1 aliphatic carbocycles. The molecule has 0 aromatic carbocycles. The van der Waals surface area contributed by atoms with Crippen LogP contribution in [0.4, 0.5) is 0 Å². The Kier molecular flexibility index (Phi) is 3.63. The van der Waals surface area contributed by atoms with Crippen LogP contribution < -0.4 is 0 Å². The van der Waals surface area contributed by atoms with Crippen molar-refractivity contribution in [3.05, 3.63) is 29.6 Å². The minimum atomic E-state index is 0.141. The molecule has 1 aliphatic heterocycles. The van der Waals surface area contributed by atoms with Gasteiger partial charge in [0.05, 0.1) is 5.69 Å². The lowest BCUT2D eigenvalue weighted by molar-refractivity contribution is -0.133. The summed E-state index contributed by atoms with van der Waals surface area (Å²) in [5.74, 6) is 3.10. The number of piperidine rings is 1. The first-order chi connectivity index (χ1) is 11.2. The van der Waals surface area contributed by atoms with E-state index in [0.29, 0.717) is 18.4 Å². The van der Waals surface area contributed by atoms with Crippen LogP contribution in [0.1, 0.15) is 54.9 Å². The van der Waals surface area contributed by atoms with Crippen LogP contribution in [0.15, 0.2) is 12.3 Å². The van der Waals surface area contributed by atoms with Crippen molar-refractivity contribution < 1.29 is 4.79 Å². The van der Waals surface area contributed by atoms with Gasteiger partial charge in [0.2, 0.25) is 5.91 Å². The molecule has 0 unspecified atom stereocenters. The molecule has 0 radical (unpaired) electrons. The van der Waals surface area contributed by atoms with Gasteiger partial charge < -0.3 is 4.90 Å². The summed E-state index contributed by atoms with van der Waals surface area (Å²) in [6.45, 7) is 3.82. The van der Waals surface area contributed by atoms with E-state index in [9.17, 15) is 4.79 Å². The predicted octanol–water partition coefficient (Wildman–Crippen LogP) is 1.59. The first-order valence-corrected chi connectivity index (χ1v) is 8.39. The summed E-state index contributed by atoms with van der Waals surface area (Å²) >= 11 is 0. The molecule has 23 heavy (non-hydrogen) atoms. The second-order valence-electron chi connectivity index (χ2n) is 6.66.